The van der Waals surface area contributed by atoms with Gasteiger partial charge in [-0.2, -0.15) is 15.8 Å². The summed E-state index contributed by atoms with van der Waals surface area (Å²) in [6.07, 6.45) is 3.29. The van der Waals surface area contributed by atoms with Gasteiger partial charge in [-0.3, -0.25) is 10.4 Å². The van der Waals surface area contributed by atoms with Gasteiger partial charge in [-0.1, -0.05) is 12.5 Å². The standard InChI is InChI=1S/C18H15N5O2/c19-9-16(10-20)14(12-5-2-4-8-23-12)24-18-7-3-1-6-13(18)17(16,11-21)15(22)25-18/h2,4-5,8,13-14,22H,1,3,6-7H2/t13-,14+,17+,18+/m0/s1. The van der Waals surface area contributed by atoms with Crippen molar-refractivity contribution in [3.05, 3.63) is 30.1 Å². The average molecular weight is 333 g/mol. The van der Waals surface area contributed by atoms with Crippen molar-refractivity contribution in [2.45, 2.75) is 37.6 Å². The van der Waals surface area contributed by atoms with E-state index in [1.165, 1.54) is 0 Å². The fraction of sp³-hybridized carbons (Fsp3) is 0.500. The van der Waals surface area contributed by atoms with Crippen LogP contribution in [-0.4, -0.2) is 16.7 Å². The molecule has 7 nitrogen and oxygen atoms in total. The third kappa shape index (κ3) is 1.60. The van der Waals surface area contributed by atoms with Crippen molar-refractivity contribution in [3.8, 4) is 18.2 Å². The van der Waals surface area contributed by atoms with Crippen molar-refractivity contribution in [2.24, 2.45) is 16.7 Å². The second-order valence-corrected chi connectivity index (χ2v) is 6.75. The molecule has 4 rings (SSSR count). The summed E-state index contributed by atoms with van der Waals surface area (Å²) in [5, 5.41) is 38.5. The maximum absolute atomic E-state index is 10.1. The van der Waals surface area contributed by atoms with Crippen molar-refractivity contribution in [2.75, 3.05) is 0 Å². The van der Waals surface area contributed by atoms with E-state index in [-0.39, 0.29) is 5.90 Å². The first kappa shape index (κ1) is 15.6. The summed E-state index contributed by atoms with van der Waals surface area (Å²) in [6.45, 7) is 0. The molecule has 4 atom stereocenters. The Balaban J connectivity index is 2.01. The highest BCUT2D eigenvalue weighted by molar-refractivity contribution is 5.89. The van der Waals surface area contributed by atoms with E-state index in [1.54, 1.807) is 24.4 Å². The molecule has 1 N–H and O–H groups in total. The third-order valence-electron chi connectivity index (χ3n) is 5.77. The summed E-state index contributed by atoms with van der Waals surface area (Å²) in [7, 11) is 0. The zero-order valence-electron chi connectivity index (χ0n) is 13.4. The monoisotopic (exact) mass is 333 g/mol. The van der Waals surface area contributed by atoms with Crippen LogP contribution >= 0.6 is 0 Å². The second kappa shape index (κ2) is 5.02. The molecule has 2 aliphatic heterocycles. The van der Waals surface area contributed by atoms with Crippen molar-refractivity contribution in [3.63, 3.8) is 0 Å². The third-order valence-corrected chi connectivity index (χ3v) is 5.77. The molecule has 0 amide bonds. The molecule has 1 saturated carbocycles. The largest absolute Gasteiger partial charge is 0.447 e. The van der Waals surface area contributed by atoms with Crippen LogP contribution in [0.5, 0.6) is 0 Å². The Morgan fingerprint density at radius 2 is 1.96 bits per heavy atom. The van der Waals surface area contributed by atoms with Gasteiger partial charge in [0, 0.05) is 12.6 Å². The molecule has 2 bridgehead atoms. The van der Waals surface area contributed by atoms with Crippen LogP contribution in [0.25, 0.3) is 0 Å². The Labute approximate surface area is 144 Å². The predicted molar refractivity (Wildman–Crippen MR) is 83.3 cm³/mol. The molecule has 0 unspecified atom stereocenters. The second-order valence-electron chi connectivity index (χ2n) is 6.75. The molecule has 25 heavy (non-hydrogen) atoms. The Bertz CT molecular complexity index is 850. The Morgan fingerprint density at radius 3 is 2.60 bits per heavy atom. The maximum atomic E-state index is 10.1. The molecule has 0 aromatic carbocycles. The minimum Gasteiger partial charge on any atom is -0.447 e. The van der Waals surface area contributed by atoms with Gasteiger partial charge in [0.05, 0.1) is 29.8 Å². The maximum Gasteiger partial charge on any atom is 0.217 e. The first-order valence-electron chi connectivity index (χ1n) is 8.21. The summed E-state index contributed by atoms with van der Waals surface area (Å²) < 4.78 is 12.0. The number of ether oxygens (including phenoxy) is 2. The van der Waals surface area contributed by atoms with Crippen LogP contribution in [0, 0.1) is 56.2 Å². The summed E-state index contributed by atoms with van der Waals surface area (Å²) in [4.78, 5) is 4.25. The van der Waals surface area contributed by atoms with E-state index in [4.69, 9.17) is 14.9 Å². The minimum atomic E-state index is -1.89. The van der Waals surface area contributed by atoms with Gasteiger partial charge < -0.3 is 9.47 Å². The summed E-state index contributed by atoms with van der Waals surface area (Å²) in [6, 6.07) is 11.3. The lowest BCUT2D eigenvalue weighted by Crippen LogP contribution is -2.60. The van der Waals surface area contributed by atoms with E-state index in [1.807, 2.05) is 12.1 Å². The summed E-state index contributed by atoms with van der Waals surface area (Å²) in [5.74, 6) is -1.97. The zero-order chi connectivity index (χ0) is 17.7. The molecule has 0 spiro atoms. The number of hydrogen-bond donors (Lipinski definition) is 1. The van der Waals surface area contributed by atoms with Gasteiger partial charge in [-0.05, 0) is 25.0 Å². The lowest BCUT2D eigenvalue weighted by Gasteiger charge is -2.51. The number of pyridine rings is 1. The Kier molecular flexibility index (Phi) is 3.13. The average Bonchev–Trinajstić information content (AvgIpc) is 2.87. The Hall–Kier alpha value is -2.95. The van der Waals surface area contributed by atoms with Crippen LogP contribution in [0.15, 0.2) is 24.4 Å². The lowest BCUT2D eigenvalue weighted by molar-refractivity contribution is -0.295. The van der Waals surface area contributed by atoms with Crippen molar-refractivity contribution in [1.29, 1.82) is 21.2 Å². The highest BCUT2D eigenvalue weighted by Crippen LogP contribution is 2.69. The van der Waals surface area contributed by atoms with Crippen LogP contribution < -0.4 is 0 Å². The topological polar surface area (TPSA) is 127 Å². The van der Waals surface area contributed by atoms with Gasteiger partial charge >= 0.3 is 0 Å². The molecule has 3 aliphatic rings. The van der Waals surface area contributed by atoms with Crippen LogP contribution in [0.4, 0.5) is 0 Å². The van der Waals surface area contributed by atoms with E-state index in [0.717, 1.165) is 12.8 Å². The van der Waals surface area contributed by atoms with Gasteiger partial charge in [-0.15, -0.1) is 0 Å². The fourth-order valence-electron chi connectivity index (χ4n) is 4.66. The van der Waals surface area contributed by atoms with Crippen molar-refractivity contribution in [1.82, 2.24) is 4.98 Å². The van der Waals surface area contributed by atoms with Crippen molar-refractivity contribution < 1.29 is 9.47 Å². The van der Waals surface area contributed by atoms with Gasteiger partial charge in [0.1, 0.15) is 6.10 Å². The van der Waals surface area contributed by atoms with Crippen LogP contribution in [0.3, 0.4) is 0 Å². The lowest BCUT2D eigenvalue weighted by atomic mass is 9.52. The van der Waals surface area contributed by atoms with Gasteiger partial charge in [-0.25, -0.2) is 0 Å². The number of hydrogen-bond acceptors (Lipinski definition) is 7. The molecule has 3 heterocycles. The Morgan fingerprint density at radius 1 is 1.16 bits per heavy atom. The first-order chi connectivity index (χ1) is 12.1. The molecule has 1 aromatic rings. The highest BCUT2D eigenvalue weighted by Gasteiger charge is 2.80. The smallest absolute Gasteiger partial charge is 0.217 e. The van der Waals surface area contributed by atoms with Gasteiger partial charge in [0.2, 0.25) is 17.1 Å². The molecule has 2 saturated heterocycles. The molecular weight excluding hydrogens is 318 g/mol. The van der Waals surface area contributed by atoms with Crippen LogP contribution in [0.2, 0.25) is 0 Å². The number of aromatic nitrogens is 1. The molecule has 1 aromatic heterocycles. The number of nitriles is 3. The molecule has 0 radical (unpaired) electrons. The van der Waals surface area contributed by atoms with Gasteiger partial charge in [0.25, 0.3) is 0 Å². The predicted octanol–water partition coefficient (Wildman–Crippen LogP) is 2.59. The van der Waals surface area contributed by atoms with Gasteiger partial charge in [0.15, 0.2) is 5.41 Å². The van der Waals surface area contributed by atoms with E-state index < -0.39 is 28.6 Å². The van der Waals surface area contributed by atoms with Crippen LogP contribution in [-0.2, 0) is 9.47 Å². The number of nitrogens with one attached hydrogen (secondary N) is 1. The van der Waals surface area contributed by atoms with E-state index in [2.05, 4.69) is 11.1 Å². The molecular formula is C18H15N5O2. The van der Waals surface area contributed by atoms with Crippen molar-refractivity contribution >= 4 is 5.90 Å². The number of rotatable bonds is 1. The van der Waals surface area contributed by atoms with Crippen LogP contribution in [0.1, 0.15) is 37.5 Å². The zero-order valence-corrected chi connectivity index (χ0v) is 13.4. The molecule has 124 valence electrons. The van der Waals surface area contributed by atoms with E-state index in [9.17, 15) is 15.8 Å². The fourth-order valence-corrected chi connectivity index (χ4v) is 4.66. The SMILES string of the molecule is N#CC1(C#N)[C@@H](c2ccccn2)O[C@@]23CCCC[C@H]2[C@]1(C#N)C(=N)O3. The summed E-state index contributed by atoms with van der Waals surface area (Å²) >= 11 is 0. The van der Waals surface area contributed by atoms with E-state index >= 15 is 0 Å². The highest BCUT2D eigenvalue weighted by atomic mass is 16.7. The van der Waals surface area contributed by atoms with E-state index in [0.29, 0.717) is 18.5 Å². The summed E-state index contributed by atoms with van der Waals surface area (Å²) in [5.41, 5.74) is -3.15. The molecule has 1 aliphatic carbocycles. The quantitative estimate of drug-likeness (QED) is 0.841. The molecule has 7 heteroatoms. The number of nitrogens with zero attached hydrogens (tertiary/aromatic N) is 4. The molecule has 3 fully saturated rings. The first-order valence-corrected chi connectivity index (χ1v) is 8.21. The normalized spacial score (nSPS) is 37.7. The minimum absolute atomic E-state index is 0.330.